The molecular weight excluding hydrogens is 233 g/mol. The highest BCUT2D eigenvalue weighted by Gasteiger charge is 2.27. The minimum Gasteiger partial charge on any atom is -0.391 e. The quantitative estimate of drug-likeness (QED) is 0.838. The lowest BCUT2D eigenvalue weighted by molar-refractivity contribution is -0.141. The summed E-state index contributed by atoms with van der Waals surface area (Å²) in [6.45, 7) is 0.217. The molecule has 1 N–H and O–H groups in total. The fourth-order valence-electron chi connectivity index (χ4n) is 1.30. The molecule has 96 valence electrons. The molecule has 17 heavy (non-hydrogen) atoms. The first-order valence-electron chi connectivity index (χ1n) is 5.34. The molecule has 1 aromatic rings. The predicted octanol–water partition coefficient (Wildman–Crippen LogP) is 2.91. The van der Waals surface area contributed by atoms with Gasteiger partial charge in [-0.3, -0.25) is 0 Å². The lowest BCUT2D eigenvalue weighted by Crippen LogP contribution is -2.19. The first kappa shape index (κ1) is 14.0. The van der Waals surface area contributed by atoms with E-state index in [2.05, 4.69) is 0 Å². The van der Waals surface area contributed by atoms with Crippen molar-refractivity contribution < 1.29 is 23.0 Å². The molecular formula is C12H15F3O2. The van der Waals surface area contributed by atoms with Gasteiger partial charge in [0.2, 0.25) is 0 Å². The summed E-state index contributed by atoms with van der Waals surface area (Å²) in [6.07, 6.45) is -6.60. The summed E-state index contributed by atoms with van der Waals surface area (Å²) < 4.78 is 40.7. The molecule has 0 aliphatic rings. The number of aliphatic hydroxyl groups excluding tert-OH is 1. The van der Waals surface area contributed by atoms with Crippen LogP contribution >= 0.6 is 0 Å². The van der Waals surface area contributed by atoms with E-state index in [1.165, 1.54) is 0 Å². The average Bonchev–Trinajstić information content (AvgIpc) is 2.27. The highest BCUT2D eigenvalue weighted by atomic mass is 19.4. The number of rotatable bonds is 6. The van der Waals surface area contributed by atoms with Gasteiger partial charge in [0.05, 0.1) is 19.3 Å². The average molecular weight is 248 g/mol. The fourth-order valence-corrected chi connectivity index (χ4v) is 1.30. The maximum absolute atomic E-state index is 11.9. The Morgan fingerprint density at radius 3 is 2.41 bits per heavy atom. The van der Waals surface area contributed by atoms with Crippen molar-refractivity contribution in [1.29, 1.82) is 0 Å². The van der Waals surface area contributed by atoms with Crippen molar-refractivity contribution in [3.63, 3.8) is 0 Å². The molecule has 1 rings (SSSR count). The van der Waals surface area contributed by atoms with E-state index in [1.54, 1.807) is 0 Å². The second-order valence-corrected chi connectivity index (χ2v) is 3.81. The highest BCUT2D eigenvalue weighted by molar-refractivity contribution is 5.13. The van der Waals surface area contributed by atoms with E-state index in [0.717, 1.165) is 5.56 Å². The maximum atomic E-state index is 11.9. The zero-order chi connectivity index (χ0) is 12.7. The third kappa shape index (κ3) is 6.97. The molecule has 1 unspecified atom stereocenters. The van der Waals surface area contributed by atoms with Gasteiger partial charge >= 0.3 is 6.18 Å². The van der Waals surface area contributed by atoms with Crippen LogP contribution in [0.4, 0.5) is 13.2 Å². The van der Waals surface area contributed by atoms with Crippen LogP contribution in [0.25, 0.3) is 0 Å². The highest BCUT2D eigenvalue weighted by Crippen LogP contribution is 2.22. The van der Waals surface area contributed by atoms with Gasteiger partial charge in [-0.2, -0.15) is 13.2 Å². The molecule has 2 nitrogen and oxygen atoms in total. The molecule has 0 radical (unpaired) electrons. The van der Waals surface area contributed by atoms with Crippen LogP contribution in [0.1, 0.15) is 18.4 Å². The normalized spacial score (nSPS) is 13.6. The molecule has 0 saturated carbocycles. The molecule has 1 atom stereocenters. The van der Waals surface area contributed by atoms with Gasteiger partial charge in [-0.1, -0.05) is 30.3 Å². The van der Waals surface area contributed by atoms with E-state index >= 15 is 0 Å². The largest absolute Gasteiger partial charge is 0.391 e. The number of hydrogen-bond acceptors (Lipinski definition) is 2. The predicted molar refractivity (Wildman–Crippen MR) is 57.4 cm³/mol. The smallest absolute Gasteiger partial charge is 0.389 e. The molecule has 0 aliphatic carbocycles. The number of ether oxygens (including phenoxy) is 1. The topological polar surface area (TPSA) is 29.5 Å². The summed E-state index contributed by atoms with van der Waals surface area (Å²) in [5.41, 5.74) is 0.926. The zero-order valence-corrected chi connectivity index (χ0v) is 9.28. The first-order chi connectivity index (χ1) is 7.97. The summed E-state index contributed by atoms with van der Waals surface area (Å²) in [5, 5.41) is 9.27. The Labute approximate surface area is 98.0 Å². The van der Waals surface area contributed by atoms with Crippen molar-refractivity contribution >= 4 is 0 Å². The number of aliphatic hydroxyl groups is 1. The Balaban J connectivity index is 2.14. The van der Waals surface area contributed by atoms with Crippen LogP contribution < -0.4 is 0 Å². The first-order valence-corrected chi connectivity index (χ1v) is 5.34. The van der Waals surface area contributed by atoms with E-state index in [1.807, 2.05) is 30.3 Å². The Hall–Kier alpha value is -1.07. The van der Waals surface area contributed by atoms with Crippen LogP contribution in [-0.2, 0) is 11.3 Å². The van der Waals surface area contributed by atoms with Gasteiger partial charge in [-0.05, 0) is 12.0 Å². The van der Waals surface area contributed by atoms with Gasteiger partial charge in [0.15, 0.2) is 0 Å². The van der Waals surface area contributed by atoms with Crippen molar-refractivity contribution in [2.75, 3.05) is 6.61 Å². The van der Waals surface area contributed by atoms with E-state index in [0.29, 0.717) is 6.61 Å². The van der Waals surface area contributed by atoms with Crippen molar-refractivity contribution in [3.05, 3.63) is 35.9 Å². The molecule has 0 saturated heterocycles. The number of alkyl halides is 3. The van der Waals surface area contributed by atoms with E-state index in [9.17, 15) is 18.3 Å². The monoisotopic (exact) mass is 248 g/mol. The maximum Gasteiger partial charge on any atom is 0.389 e. The van der Waals surface area contributed by atoms with Crippen LogP contribution in [0.5, 0.6) is 0 Å². The van der Waals surface area contributed by atoms with Gasteiger partial charge in [-0.25, -0.2) is 0 Å². The van der Waals surface area contributed by atoms with Crippen molar-refractivity contribution in [2.24, 2.45) is 0 Å². The summed E-state index contributed by atoms with van der Waals surface area (Å²) >= 11 is 0. The minimum atomic E-state index is -4.22. The molecule has 0 fully saturated rings. The van der Waals surface area contributed by atoms with Gasteiger partial charge in [0.25, 0.3) is 0 Å². The third-order valence-electron chi connectivity index (χ3n) is 2.18. The number of halogens is 3. The van der Waals surface area contributed by atoms with Gasteiger partial charge < -0.3 is 9.84 Å². The number of benzene rings is 1. The lowest BCUT2D eigenvalue weighted by atomic mass is 10.2. The van der Waals surface area contributed by atoms with Gasteiger partial charge in [-0.15, -0.1) is 0 Å². The molecule has 0 amide bonds. The van der Waals surface area contributed by atoms with Crippen molar-refractivity contribution in [3.8, 4) is 0 Å². The van der Waals surface area contributed by atoms with E-state index in [4.69, 9.17) is 4.74 Å². The van der Waals surface area contributed by atoms with Crippen LogP contribution in [0.15, 0.2) is 30.3 Å². The van der Waals surface area contributed by atoms with Gasteiger partial charge in [0.1, 0.15) is 0 Å². The summed E-state index contributed by atoms with van der Waals surface area (Å²) in [7, 11) is 0. The molecule has 0 aliphatic heterocycles. The van der Waals surface area contributed by atoms with Gasteiger partial charge in [0, 0.05) is 6.42 Å². The van der Waals surface area contributed by atoms with E-state index in [-0.39, 0.29) is 13.0 Å². The number of hydrogen-bond donors (Lipinski definition) is 1. The van der Waals surface area contributed by atoms with Crippen LogP contribution in [-0.4, -0.2) is 24.0 Å². The molecule has 0 heterocycles. The van der Waals surface area contributed by atoms with Crippen molar-refractivity contribution in [2.45, 2.75) is 31.7 Å². The third-order valence-corrected chi connectivity index (χ3v) is 2.18. The Morgan fingerprint density at radius 1 is 1.18 bits per heavy atom. The summed E-state index contributed by atoms with van der Waals surface area (Å²) in [4.78, 5) is 0. The van der Waals surface area contributed by atoms with Crippen molar-refractivity contribution in [1.82, 2.24) is 0 Å². The standard InChI is InChI=1S/C12H15F3O2/c13-12(14,15)7-6-11(16)9-17-8-10-4-2-1-3-5-10/h1-5,11,16H,6-9H2. The SMILES string of the molecule is OC(CCC(F)(F)F)COCc1ccccc1. The summed E-state index contributed by atoms with van der Waals surface area (Å²) in [5.74, 6) is 0. The van der Waals surface area contributed by atoms with E-state index < -0.39 is 18.7 Å². The zero-order valence-electron chi connectivity index (χ0n) is 9.28. The van der Waals surface area contributed by atoms with Crippen LogP contribution in [0.2, 0.25) is 0 Å². The second-order valence-electron chi connectivity index (χ2n) is 3.81. The van der Waals surface area contributed by atoms with Crippen LogP contribution in [0.3, 0.4) is 0 Å². The Kier molecular flexibility index (Phi) is 5.44. The second kappa shape index (κ2) is 6.61. The molecule has 0 bridgehead atoms. The molecule has 0 aromatic heterocycles. The fraction of sp³-hybridized carbons (Fsp3) is 0.500. The minimum absolute atomic E-state index is 0.0784. The molecule has 5 heteroatoms. The lowest BCUT2D eigenvalue weighted by Gasteiger charge is -2.12. The van der Waals surface area contributed by atoms with Crippen LogP contribution in [0, 0.1) is 0 Å². The molecule has 0 spiro atoms. The molecule has 1 aromatic carbocycles. The Morgan fingerprint density at radius 2 is 1.82 bits per heavy atom. The summed E-state index contributed by atoms with van der Waals surface area (Å²) in [6, 6.07) is 9.25. The Bertz CT molecular complexity index is 311.